The number of carbonyl (C=O) groups excluding carboxylic acids is 1. The predicted molar refractivity (Wildman–Crippen MR) is 55.9 cm³/mol. The highest BCUT2D eigenvalue weighted by Crippen LogP contribution is 2.30. The molecule has 3 nitrogen and oxygen atoms in total. The van der Waals surface area contributed by atoms with Gasteiger partial charge in [-0.05, 0) is 38.1 Å². The largest absolute Gasteiger partial charge is 0.356 e. The fourth-order valence-electron chi connectivity index (χ4n) is 2.09. The van der Waals surface area contributed by atoms with E-state index in [-0.39, 0.29) is 5.91 Å². The standard InChI is InChI=1S/C11H20N2O/c1-2-12-10-5-8(6-10)7-13-11(14)9-3-4-9/h8-10,12H,2-7H2,1H3,(H,13,14). The molecule has 3 heteroatoms. The van der Waals surface area contributed by atoms with Gasteiger partial charge in [-0.3, -0.25) is 4.79 Å². The van der Waals surface area contributed by atoms with Crippen LogP contribution in [0, 0.1) is 11.8 Å². The van der Waals surface area contributed by atoms with Crippen molar-refractivity contribution in [1.29, 1.82) is 0 Å². The van der Waals surface area contributed by atoms with Crippen molar-refractivity contribution in [1.82, 2.24) is 10.6 Å². The van der Waals surface area contributed by atoms with Crippen LogP contribution < -0.4 is 10.6 Å². The molecule has 2 aliphatic rings. The molecule has 2 saturated carbocycles. The highest BCUT2D eigenvalue weighted by atomic mass is 16.2. The minimum Gasteiger partial charge on any atom is -0.356 e. The Morgan fingerprint density at radius 1 is 1.36 bits per heavy atom. The van der Waals surface area contributed by atoms with E-state index in [0.717, 1.165) is 31.8 Å². The van der Waals surface area contributed by atoms with Crippen LogP contribution in [0.15, 0.2) is 0 Å². The Morgan fingerprint density at radius 2 is 2.07 bits per heavy atom. The second kappa shape index (κ2) is 4.30. The van der Waals surface area contributed by atoms with Gasteiger partial charge in [-0.15, -0.1) is 0 Å². The van der Waals surface area contributed by atoms with Gasteiger partial charge in [-0.25, -0.2) is 0 Å². The number of rotatable bonds is 5. The Hall–Kier alpha value is -0.570. The van der Waals surface area contributed by atoms with Crippen LogP contribution in [-0.2, 0) is 4.79 Å². The van der Waals surface area contributed by atoms with E-state index in [0.29, 0.717) is 12.0 Å². The van der Waals surface area contributed by atoms with Gasteiger partial charge in [-0.2, -0.15) is 0 Å². The molecule has 0 aromatic heterocycles. The maximum atomic E-state index is 11.3. The summed E-state index contributed by atoms with van der Waals surface area (Å²) in [6.07, 6.45) is 4.69. The molecule has 0 spiro atoms. The monoisotopic (exact) mass is 196 g/mol. The maximum absolute atomic E-state index is 11.3. The van der Waals surface area contributed by atoms with Crippen molar-refractivity contribution in [3.63, 3.8) is 0 Å². The normalized spacial score (nSPS) is 30.9. The third kappa shape index (κ3) is 2.47. The lowest BCUT2D eigenvalue weighted by Gasteiger charge is -2.35. The Kier molecular flexibility index (Phi) is 3.06. The van der Waals surface area contributed by atoms with Crippen molar-refractivity contribution in [2.75, 3.05) is 13.1 Å². The van der Waals surface area contributed by atoms with Gasteiger partial charge in [-0.1, -0.05) is 6.92 Å². The van der Waals surface area contributed by atoms with Crippen LogP contribution in [-0.4, -0.2) is 25.0 Å². The van der Waals surface area contributed by atoms with E-state index in [1.54, 1.807) is 0 Å². The average Bonchev–Trinajstić information content (AvgIpc) is 2.90. The summed E-state index contributed by atoms with van der Waals surface area (Å²) in [5.74, 6) is 1.37. The van der Waals surface area contributed by atoms with E-state index in [1.165, 1.54) is 12.8 Å². The van der Waals surface area contributed by atoms with Crippen molar-refractivity contribution < 1.29 is 4.79 Å². The SMILES string of the molecule is CCNC1CC(CNC(=O)C2CC2)C1. The molecule has 0 heterocycles. The van der Waals surface area contributed by atoms with Crippen molar-refractivity contribution in [2.45, 2.75) is 38.6 Å². The third-order valence-corrected chi connectivity index (χ3v) is 3.24. The third-order valence-electron chi connectivity index (χ3n) is 3.24. The topological polar surface area (TPSA) is 41.1 Å². The molecule has 0 radical (unpaired) electrons. The minimum absolute atomic E-state index is 0.289. The van der Waals surface area contributed by atoms with Crippen molar-refractivity contribution in [3.8, 4) is 0 Å². The van der Waals surface area contributed by atoms with Gasteiger partial charge in [0.1, 0.15) is 0 Å². The van der Waals surface area contributed by atoms with E-state index in [1.807, 2.05) is 0 Å². The molecule has 0 aromatic rings. The Bertz CT molecular complexity index is 207. The first kappa shape index (κ1) is 9.97. The Balaban J connectivity index is 1.53. The van der Waals surface area contributed by atoms with Gasteiger partial charge in [0.2, 0.25) is 5.91 Å². The van der Waals surface area contributed by atoms with Crippen LogP contribution in [0.5, 0.6) is 0 Å². The summed E-state index contributed by atoms with van der Waals surface area (Å²) in [5, 5.41) is 6.46. The lowest BCUT2D eigenvalue weighted by molar-refractivity contribution is -0.122. The van der Waals surface area contributed by atoms with E-state index in [9.17, 15) is 4.79 Å². The molecule has 0 saturated heterocycles. The quantitative estimate of drug-likeness (QED) is 0.686. The predicted octanol–water partition coefficient (Wildman–Crippen LogP) is 0.901. The van der Waals surface area contributed by atoms with Gasteiger partial charge in [0.15, 0.2) is 0 Å². The smallest absolute Gasteiger partial charge is 0.223 e. The molecular formula is C11H20N2O. The number of nitrogens with one attached hydrogen (secondary N) is 2. The van der Waals surface area contributed by atoms with E-state index < -0.39 is 0 Å². The molecule has 0 aromatic carbocycles. The van der Waals surface area contributed by atoms with Crippen LogP contribution in [0.1, 0.15) is 32.6 Å². The lowest BCUT2D eigenvalue weighted by Crippen LogP contribution is -2.45. The zero-order chi connectivity index (χ0) is 9.97. The first-order valence-corrected chi connectivity index (χ1v) is 5.80. The van der Waals surface area contributed by atoms with Gasteiger partial charge >= 0.3 is 0 Å². The summed E-state index contributed by atoms with van der Waals surface area (Å²) in [7, 11) is 0. The van der Waals surface area contributed by atoms with Crippen LogP contribution >= 0.6 is 0 Å². The molecule has 1 amide bonds. The molecule has 14 heavy (non-hydrogen) atoms. The summed E-state index contributed by atoms with van der Waals surface area (Å²) in [6.45, 7) is 4.10. The second-order valence-electron chi connectivity index (χ2n) is 4.61. The summed E-state index contributed by atoms with van der Waals surface area (Å²) in [5.41, 5.74) is 0. The van der Waals surface area contributed by atoms with Crippen molar-refractivity contribution in [3.05, 3.63) is 0 Å². The van der Waals surface area contributed by atoms with Crippen molar-refractivity contribution >= 4 is 5.91 Å². The highest BCUT2D eigenvalue weighted by molar-refractivity contribution is 5.80. The molecule has 0 atom stereocenters. The molecule has 0 unspecified atom stereocenters. The molecule has 0 bridgehead atoms. The first-order valence-electron chi connectivity index (χ1n) is 5.80. The number of carbonyl (C=O) groups is 1. The summed E-state index contributed by atoms with van der Waals surface area (Å²) < 4.78 is 0. The fraction of sp³-hybridized carbons (Fsp3) is 0.909. The van der Waals surface area contributed by atoms with Gasteiger partial charge < -0.3 is 10.6 Å². The second-order valence-corrected chi connectivity index (χ2v) is 4.61. The molecular weight excluding hydrogens is 176 g/mol. The molecule has 2 fully saturated rings. The van der Waals surface area contributed by atoms with Crippen molar-refractivity contribution in [2.24, 2.45) is 11.8 Å². The molecule has 2 rings (SSSR count). The van der Waals surface area contributed by atoms with E-state index >= 15 is 0 Å². The minimum atomic E-state index is 0.289. The Labute approximate surface area is 85.6 Å². The molecule has 2 aliphatic carbocycles. The number of hydrogen-bond acceptors (Lipinski definition) is 2. The van der Waals surface area contributed by atoms with Gasteiger partial charge in [0.25, 0.3) is 0 Å². The summed E-state index contributed by atoms with van der Waals surface area (Å²) >= 11 is 0. The van der Waals surface area contributed by atoms with E-state index in [2.05, 4.69) is 17.6 Å². The van der Waals surface area contributed by atoms with Gasteiger partial charge in [0, 0.05) is 18.5 Å². The van der Waals surface area contributed by atoms with Crippen LogP contribution in [0.4, 0.5) is 0 Å². The van der Waals surface area contributed by atoms with E-state index in [4.69, 9.17) is 0 Å². The lowest BCUT2D eigenvalue weighted by atomic mass is 9.80. The van der Waals surface area contributed by atoms with Crippen LogP contribution in [0.25, 0.3) is 0 Å². The number of amides is 1. The highest BCUT2D eigenvalue weighted by Gasteiger charge is 2.32. The first-order chi connectivity index (χ1) is 6.79. The zero-order valence-corrected chi connectivity index (χ0v) is 8.88. The summed E-state index contributed by atoms with van der Waals surface area (Å²) in [4.78, 5) is 11.3. The molecule has 2 N–H and O–H groups in total. The molecule has 0 aliphatic heterocycles. The van der Waals surface area contributed by atoms with Crippen LogP contribution in [0.2, 0.25) is 0 Å². The zero-order valence-electron chi connectivity index (χ0n) is 8.88. The Morgan fingerprint density at radius 3 is 2.64 bits per heavy atom. The number of hydrogen-bond donors (Lipinski definition) is 2. The molecule has 80 valence electrons. The fourth-order valence-corrected chi connectivity index (χ4v) is 2.09. The van der Waals surface area contributed by atoms with Gasteiger partial charge in [0.05, 0.1) is 0 Å². The van der Waals surface area contributed by atoms with Crippen LogP contribution in [0.3, 0.4) is 0 Å². The maximum Gasteiger partial charge on any atom is 0.223 e. The average molecular weight is 196 g/mol. The summed E-state index contributed by atoms with van der Waals surface area (Å²) in [6, 6.07) is 0.711.